The number of aryl methyl sites for hydroxylation is 1. The molecule has 0 aliphatic carbocycles. The third-order valence-electron chi connectivity index (χ3n) is 3.15. The average molecular weight is 424 g/mol. The summed E-state index contributed by atoms with van der Waals surface area (Å²) in [6.45, 7) is 0. The van der Waals surface area contributed by atoms with Crippen molar-refractivity contribution < 1.29 is 19.7 Å². The Balaban J connectivity index is 2.30. The largest absolute Gasteiger partial charge is 0.511 e. The lowest BCUT2D eigenvalue weighted by Crippen LogP contribution is -2.03. The van der Waals surface area contributed by atoms with Gasteiger partial charge in [-0.3, -0.25) is 0 Å². The van der Waals surface area contributed by atoms with Crippen molar-refractivity contribution in [1.29, 1.82) is 0 Å². The van der Waals surface area contributed by atoms with Crippen molar-refractivity contribution >= 4 is 38.0 Å². The molecule has 0 aliphatic heterocycles. The van der Waals surface area contributed by atoms with E-state index in [-0.39, 0.29) is 11.5 Å². The number of ether oxygens (including phenoxy) is 1. The third-order valence-corrected chi connectivity index (χ3v) is 4.06. The Kier molecular flexibility index (Phi) is 8.76. The number of carboxylic acid groups (broad SMARTS) is 1. The van der Waals surface area contributed by atoms with Crippen molar-refractivity contribution in [2.24, 2.45) is 0 Å². The molecule has 118 valence electrons. The Morgan fingerprint density at radius 1 is 1.14 bits per heavy atom. The summed E-state index contributed by atoms with van der Waals surface area (Å²) in [7, 11) is 0. The summed E-state index contributed by atoms with van der Waals surface area (Å²) >= 11 is 6.91. The number of alkyl halides is 2. The van der Waals surface area contributed by atoms with Crippen LogP contribution < -0.4 is 4.74 Å². The molecule has 0 bridgehead atoms. The average Bonchev–Trinajstić information content (AvgIpc) is 2.40. The van der Waals surface area contributed by atoms with Gasteiger partial charge in [0.25, 0.3) is 0 Å². The van der Waals surface area contributed by atoms with Crippen LogP contribution in [0.25, 0.3) is 0 Å². The zero-order valence-electron chi connectivity index (χ0n) is 11.7. The molecule has 0 amide bonds. The Bertz CT molecular complexity index is 449. The van der Waals surface area contributed by atoms with Gasteiger partial charge in [-0.1, -0.05) is 69.7 Å². The van der Waals surface area contributed by atoms with Crippen LogP contribution in [0.4, 0.5) is 4.79 Å². The van der Waals surface area contributed by atoms with Gasteiger partial charge >= 0.3 is 6.16 Å². The zero-order chi connectivity index (χ0) is 15.7. The number of aromatic hydroxyl groups is 1. The van der Waals surface area contributed by atoms with E-state index in [0.29, 0.717) is 3.74 Å². The maximum atomic E-state index is 10.5. The fourth-order valence-electron chi connectivity index (χ4n) is 2.09. The highest BCUT2D eigenvalue weighted by atomic mass is 79.9. The zero-order valence-corrected chi connectivity index (χ0v) is 14.9. The fourth-order valence-corrected chi connectivity index (χ4v) is 2.74. The molecule has 0 radical (unpaired) electrons. The molecule has 0 heterocycles. The van der Waals surface area contributed by atoms with Gasteiger partial charge in [0, 0.05) is 0 Å². The van der Waals surface area contributed by atoms with Gasteiger partial charge in [0.1, 0.15) is 0 Å². The van der Waals surface area contributed by atoms with Crippen LogP contribution in [0.5, 0.6) is 11.5 Å². The van der Waals surface area contributed by atoms with Crippen molar-refractivity contribution in [2.45, 2.75) is 48.7 Å². The van der Waals surface area contributed by atoms with E-state index < -0.39 is 6.16 Å². The predicted octanol–water partition coefficient (Wildman–Crippen LogP) is 5.45. The van der Waals surface area contributed by atoms with E-state index in [0.717, 1.165) is 31.2 Å². The SMILES string of the molecule is O=C(O)Oc1cccc(CCCCCCCC(Br)Br)c1O. The smallest absolute Gasteiger partial charge is 0.504 e. The monoisotopic (exact) mass is 422 g/mol. The molecule has 2 N–H and O–H groups in total. The van der Waals surface area contributed by atoms with Gasteiger partial charge in [-0.15, -0.1) is 0 Å². The molecule has 1 aromatic rings. The van der Waals surface area contributed by atoms with E-state index in [1.165, 1.54) is 25.3 Å². The number of phenolic OH excluding ortho intramolecular Hbond substituents is 1. The van der Waals surface area contributed by atoms with Crippen molar-refractivity contribution in [3.63, 3.8) is 0 Å². The van der Waals surface area contributed by atoms with E-state index >= 15 is 0 Å². The summed E-state index contributed by atoms with van der Waals surface area (Å²) in [5.41, 5.74) is 0.731. The number of rotatable bonds is 9. The molecule has 6 heteroatoms. The maximum Gasteiger partial charge on any atom is 0.511 e. The highest BCUT2D eigenvalue weighted by Gasteiger charge is 2.10. The number of hydrogen-bond acceptors (Lipinski definition) is 3. The molecule has 0 saturated carbocycles. The summed E-state index contributed by atoms with van der Waals surface area (Å²) in [5.74, 6) is -0.0676. The van der Waals surface area contributed by atoms with Crippen LogP contribution >= 0.6 is 31.9 Å². The molecule has 4 nitrogen and oxygen atoms in total. The van der Waals surface area contributed by atoms with Gasteiger partial charge in [-0.25, -0.2) is 4.79 Å². The van der Waals surface area contributed by atoms with Gasteiger partial charge in [0.2, 0.25) is 0 Å². The summed E-state index contributed by atoms with van der Waals surface area (Å²) in [6.07, 6.45) is 6.04. The van der Waals surface area contributed by atoms with Gasteiger partial charge in [0.15, 0.2) is 11.5 Å². The molecule has 1 rings (SSSR count). The van der Waals surface area contributed by atoms with Crippen LogP contribution in [0.2, 0.25) is 0 Å². The molecular weight excluding hydrogens is 404 g/mol. The summed E-state index contributed by atoms with van der Waals surface area (Å²) < 4.78 is 4.93. The van der Waals surface area contributed by atoms with Gasteiger partial charge in [0.05, 0.1) is 3.74 Å². The molecule has 21 heavy (non-hydrogen) atoms. The number of hydrogen-bond donors (Lipinski definition) is 2. The van der Waals surface area contributed by atoms with Crippen LogP contribution in [0.1, 0.15) is 44.1 Å². The molecule has 0 aromatic heterocycles. The number of phenols is 1. The van der Waals surface area contributed by atoms with Gasteiger partial charge < -0.3 is 14.9 Å². The van der Waals surface area contributed by atoms with E-state index in [2.05, 4.69) is 36.6 Å². The third kappa shape index (κ3) is 7.71. The topological polar surface area (TPSA) is 66.8 Å². The van der Waals surface area contributed by atoms with E-state index in [4.69, 9.17) is 5.11 Å². The van der Waals surface area contributed by atoms with E-state index in [9.17, 15) is 9.90 Å². The number of benzene rings is 1. The summed E-state index contributed by atoms with van der Waals surface area (Å²) in [4.78, 5) is 10.5. The first kappa shape index (κ1) is 18.3. The van der Waals surface area contributed by atoms with Crippen molar-refractivity contribution in [3.8, 4) is 11.5 Å². The number of para-hydroxylation sites is 1. The standard InChI is InChI=1S/C15H20Br2O4/c16-13(17)10-5-3-1-2-4-7-11-8-6-9-12(14(11)18)21-15(19)20/h6,8-9,13,18H,1-5,7,10H2,(H,19,20). The molecule has 1 aromatic carbocycles. The number of unbranched alkanes of at least 4 members (excludes halogenated alkanes) is 4. The Labute approximate surface area is 141 Å². The second-order valence-electron chi connectivity index (χ2n) is 4.83. The minimum Gasteiger partial charge on any atom is -0.504 e. The first-order valence-electron chi connectivity index (χ1n) is 7.00. The second-order valence-corrected chi connectivity index (χ2v) is 8.27. The lowest BCUT2D eigenvalue weighted by Gasteiger charge is -2.08. The Morgan fingerprint density at radius 2 is 1.81 bits per heavy atom. The molecular formula is C15H20Br2O4. The van der Waals surface area contributed by atoms with Gasteiger partial charge in [-0.2, -0.15) is 0 Å². The van der Waals surface area contributed by atoms with Gasteiger partial charge in [-0.05, 0) is 30.9 Å². The minimum absolute atomic E-state index is 0.000633. The second kappa shape index (κ2) is 10.1. The number of halogens is 2. The Hall–Kier alpha value is -0.750. The molecule has 0 atom stereocenters. The molecule has 0 unspecified atom stereocenters. The van der Waals surface area contributed by atoms with E-state index in [1.54, 1.807) is 12.1 Å². The normalized spacial score (nSPS) is 10.8. The van der Waals surface area contributed by atoms with Crippen LogP contribution in [0, 0.1) is 0 Å². The van der Waals surface area contributed by atoms with Crippen molar-refractivity contribution in [1.82, 2.24) is 0 Å². The van der Waals surface area contributed by atoms with Crippen molar-refractivity contribution in [3.05, 3.63) is 23.8 Å². The van der Waals surface area contributed by atoms with Crippen LogP contribution in [-0.4, -0.2) is 20.1 Å². The van der Waals surface area contributed by atoms with Crippen molar-refractivity contribution in [2.75, 3.05) is 0 Å². The van der Waals surface area contributed by atoms with E-state index in [1.807, 2.05) is 0 Å². The number of carbonyl (C=O) groups is 1. The molecule has 0 fully saturated rings. The fraction of sp³-hybridized carbons (Fsp3) is 0.533. The molecule has 0 spiro atoms. The molecule has 0 saturated heterocycles. The first-order chi connectivity index (χ1) is 10.0. The maximum absolute atomic E-state index is 10.5. The Morgan fingerprint density at radius 3 is 2.48 bits per heavy atom. The molecule has 0 aliphatic rings. The lowest BCUT2D eigenvalue weighted by atomic mass is 10.0. The summed E-state index contributed by atoms with van der Waals surface area (Å²) in [5, 5.41) is 18.5. The lowest BCUT2D eigenvalue weighted by molar-refractivity contribution is 0.143. The quantitative estimate of drug-likeness (QED) is 0.240. The highest BCUT2D eigenvalue weighted by Crippen LogP contribution is 2.31. The van der Waals surface area contributed by atoms with Crippen LogP contribution in [0.15, 0.2) is 18.2 Å². The van der Waals surface area contributed by atoms with Crippen LogP contribution in [-0.2, 0) is 6.42 Å². The van der Waals surface area contributed by atoms with Crippen LogP contribution in [0.3, 0.4) is 0 Å². The summed E-state index contributed by atoms with van der Waals surface area (Å²) in [6, 6.07) is 4.94. The minimum atomic E-state index is -1.42. The predicted molar refractivity (Wildman–Crippen MR) is 89.8 cm³/mol. The first-order valence-corrected chi connectivity index (χ1v) is 8.83. The highest BCUT2D eigenvalue weighted by molar-refractivity contribution is 9.24.